The summed E-state index contributed by atoms with van der Waals surface area (Å²) in [4.78, 5) is 19.2. The van der Waals surface area contributed by atoms with Crippen LogP contribution >= 0.6 is 34.5 Å². The minimum Gasteiger partial charge on any atom is -0.301 e. The molecule has 1 saturated heterocycles. The molecule has 1 aromatic rings. The fourth-order valence-electron chi connectivity index (χ4n) is 2.98. The lowest BCUT2D eigenvalue weighted by Gasteiger charge is -2.30. The van der Waals surface area contributed by atoms with Crippen LogP contribution in [0.15, 0.2) is 5.38 Å². The number of nitrogens with one attached hydrogen (secondary N) is 1. The topological polar surface area (TPSA) is 45.2 Å². The molecule has 1 N–H and O–H groups in total. The third-order valence-electron chi connectivity index (χ3n) is 4.66. The van der Waals surface area contributed by atoms with Gasteiger partial charge in [0.25, 0.3) is 0 Å². The fourth-order valence-corrected chi connectivity index (χ4v) is 4.38. The van der Waals surface area contributed by atoms with Gasteiger partial charge in [0.2, 0.25) is 5.91 Å². The summed E-state index contributed by atoms with van der Waals surface area (Å²) in [6, 6.07) is 0. The molecule has 122 valence electrons. The van der Waals surface area contributed by atoms with Crippen LogP contribution in [-0.4, -0.2) is 33.2 Å². The summed E-state index contributed by atoms with van der Waals surface area (Å²) < 4.78 is -0.943. The van der Waals surface area contributed by atoms with Gasteiger partial charge in [-0.3, -0.25) is 9.69 Å². The van der Waals surface area contributed by atoms with E-state index < -0.39 is 9.75 Å². The van der Waals surface area contributed by atoms with Crippen molar-refractivity contribution in [1.82, 2.24) is 9.88 Å². The van der Waals surface area contributed by atoms with Crippen LogP contribution in [0.3, 0.4) is 0 Å². The highest BCUT2D eigenvalue weighted by Gasteiger charge is 2.68. The van der Waals surface area contributed by atoms with Gasteiger partial charge in [-0.25, -0.2) is 4.98 Å². The molecule has 4 nitrogen and oxygen atoms in total. The molecule has 22 heavy (non-hydrogen) atoms. The van der Waals surface area contributed by atoms with Gasteiger partial charge in [0.1, 0.15) is 4.33 Å². The maximum absolute atomic E-state index is 12.2. The number of alkyl halides is 2. The molecule has 1 aliphatic carbocycles. The first-order valence-electron chi connectivity index (χ1n) is 7.66. The standard InChI is InChI=1S/C15H21Cl2N3OS/c1-10-4-3-5-20(6-10)7-11-8-22-13(18-11)19-12(21)14(2)9-15(14,16)17/h8,10H,3-7,9H2,1-2H3,(H,18,19,21)/t10-,14+/m1/s1. The largest absolute Gasteiger partial charge is 0.301 e. The van der Waals surface area contributed by atoms with Crippen molar-refractivity contribution in [3.8, 4) is 0 Å². The van der Waals surface area contributed by atoms with Crippen LogP contribution in [0.1, 0.15) is 38.8 Å². The third kappa shape index (κ3) is 3.28. The number of amides is 1. The molecule has 0 radical (unpaired) electrons. The van der Waals surface area contributed by atoms with E-state index in [0.29, 0.717) is 11.6 Å². The first kappa shape index (κ1) is 16.5. The summed E-state index contributed by atoms with van der Waals surface area (Å²) in [7, 11) is 0. The second-order valence-corrected chi connectivity index (χ2v) is 9.14. The van der Waals surface area contributed by atoms with E-state index in [1.807, 2.05) is 5.38 Å². The monoisotopic (exact) mass is 361 g/mol. The molecule has 2 heterocycles. The van der Waals surface area contributed by atoms with Gasteiger partial charge in [0.15, 0.2) is 5.13 Å². The van der Waals surface area contributed by atoms with E-state index >= 15 is 0 Å². The van der Waals surface area contributed by atoms with E-state index in [1.165, 1.54) is 24.2 Å². The van der Waals surface area contributed by atoms with Gasteiger partial charge >= 0.3 is 0 Å². The Labute approximate surface area is 145 Å². The van der Waals surface area contributed by atoms with E-state index in [2.05, 4.69) is 22.1 Å². The van der Waals surface area contributed by atoms with Gasteiger partial charge in [0.05, 0.1) is 11.1 Å². The van der Waals surface area contributed by atoms with E-state index in [4.69, 9.17) is 23.2 Å². The average Bonchev–Trinajstić information content (AvgIpc) is 2.77. The van der Waals surface area contributed by atoms with Gasteiger partial charge < -0.3 is 5.32 Å². The maximum Gasteiger partial charge on any atom is 0.235 e. The Hall–Kier alpha value is -0.360. The molecule has 1 amide bonds. The van der Waals surface area contributed by atoms with Crippen LogP contribution < -0.4 is 5.32 Å². The molecule has 1 saturated carbocycles. The highest BCUT2D eigenvalue weighted by Crippen LogP contribution is 2.64. The zero-order valence-electron chi connectivity index (χ0n) is 12.9. The Kier molecular flexibility index (Phi) is 4.45. The fraction of sp³-hybridized carbons (Fsp3) is 0.733. The smallest absolute Gasteiger partial charge is 0.235 e. The molecular weight excluding hydrogens is 341 g/mol. The molecule has 2 fully saturated rings. The van der Waals surface area contributed by atoms with Crippen molar-refractivity contribution >= 4 is 45.6 Å². The van der Waals surface area contributed by atoms with Crippen LogP contribution in [0.25, 0.3) is 0 Å². The summed E-state index contributed by atoms with van der Waals surface area (Å²) in [6.45, 7) is 7.18. The van der Waals surface area contributed by atoms with Crippen LogP contribution in [0.4, 0.5) is 5.13 Å². The number of thiazole rings is 1. The van der Waals surface area contributed by atoms with Gasteiger partial charge in [-0.05, 0) is 38.6 Å². The number of hydrogen-bond donors (Lipinski definition) is 1. The number of aromatic nitrogens is 1. The third-order valence-corrected chi connectivity index (χ3v) is 6.57. The Morgan fingerprint density at radius 1 is 1.59 bits per heavy atom. The van der Waals surface area contributed by atoms with Crippen molar-refractivity contribution in [3.05, 3.63) is 11.1 Å². The molecule has 2 atom stereocenters. The lowest BCUT2D eigenvalue weighted by molar-refractivity contribution is -0.120. The Morgan fingerprint density at radius 3 is 2.95 bits per heavy atom. The van der Waals surface area contributed by atoms with E-state index in [1.54, 1.807) is 6.92 Å². The van der Waals surface area contributed by atoms with Crippen molar-refractivity contribution in [2.75, 3.05) is 18.4 Å². The number of piperidine rings is 1. The SMILES string of the molecule is C[C@@H]1CCCN(Cc2csc(NC(=O)[C@]3(C)CC3(Cl)Cl)n2)C1. The van der Waals surface area contributed by atoms with Gasteiger partial charge in [-0.15, -0.1) is 34.5 Å². The number of nitrogens with zero attached hydrogens (tertiary/aromatic N) is 2. The predicted molar refractivity (Wildman–Crippen MR) is 91.6 cm³/mol. The quantitative estimate of drug-likeness (QED) is 0.827. The molecule has 7 heteroatoms. The number of halogens is 2. The van der Waals surface area contributed by atoms with Crippen molar-refractivity contribution in [2.45, 2.75) is 44.0 Å². The van der Waals surface area contributed by atoms with Gasteiger partial charge in [0, 0.05) is 18.5 Å². The molecule has 1 aromatic heterocycles. The van der Waals surface area contributed by atoms with Crippen LogP contribution in [0.5, 0.6) is 0 Å². The molecule has 0 aromatic carbocycles. The summed E-state index contributed by atoms with van der Waals surface area (Å²) in [5.41, 5.74) is 0.308. The first-order chi connectivity index (χ1) is 10.3. The molecular formula is C15H21Cl2N3OS. The van der Waals surface area contributed by atoms with Crippen LogP contribution in [0, 0.1) is 11.3 Å². The highest BCUT2D eigenvalue weighted by atomic mass is 35.5. The first-order valence-corrected chi connectivity index (χ1v) is 9.30. The zero-order valence-corrected chi connectivity index (χ0v) is 15.2. The number of hydrogen-bond acceptors (Lipinski definition) is 4. The molecule has 0 bridgehead atoms. The maximum atomic E-state index is 12.2. The van der Waals surface area contributed by atoms with Crippen molar-refractivity contribution in [1.29, 1.82) is 0 Å². The normalized spacial score (nSPS) is 31.0. The zero-order chi connectivity index (χ0) is 16.0. The number of rotatable bonds is 4. The molecule has 1 aliphatic heterocycles. The van der Waals surface area contributed by atoms with E-state index in [-0.39, 0.29) is 5.91 Å². The highest BCUT2D eigenvalue weighted by molar-refractivity contribution is 7.13. The Bertz CT molecular complexity index is 577. The lowest BCUT2D eigenvalue weighted by Crippen LogP contribution is -2.33. The summed E-state index contributed by atoms with van der Waals surface area (Å²) in [6.07, 6.45) is 3.05. The minimum absolute atomic E-state index is 0.148. The molecule has 2 aliphatic rings. The summed E-state index contributed by atoms with van der Waals surface area (Å²) in [5.74, 6) is 0.604. The Morgan fingerprint density at radius 2 is 2.32 bits per heavy atom. The van der Waals surface area contributed by atoms with Crippen LogP contribution in [-0.2, 0) is 11.3 Å². The Balaban J connectivity index is 1.56. The predicted octanol–water partition coefficient (Wildman–Crippen LogP) is 3.90. The second kappa shape index (κ2) is 5.93. The van der Waals surface area contributed by atoms with E-state index in [9.17, 15) is 4.79 Å². The number of carbonyl (C=O) groups excluding carboxylic acids is 1. The van der Waals surface area contributed by atoms with Crippen molar-refractivity contribution in [3.63, 3.8) is 0 Å². The lowest BCUT2D eigenvalue weighted by atomic mass is 10.0. The van der Waals surface area contributed by atoms with Gasteiger partial charge in [-0.2, -0.15) is 0 Å². The molecule has 0 unspecified atom stereocenters. The molecule has 0 spiro atoms. The van der Waals surface area contributed by atoms with Crippen LogP contribution in [0.2, 0.25) is 0 Å². The van der Waals surface area contributed by atoms with Gasteiger partial charge in [-0.1, -0.05) is 6.92 Å². The summed E-state index contributed by atoms with van der Waals surface area (Å²) in [5, 5.41) is 5.49. The molecule has 3 rings (SSSR count). The van der Waals surface area contributed by atoms with Crippen molar-refractivity contribution < 1.29 is 4.79 Å². The summed E-state index contributed by atoms with van der Waals surface area (Å²) >= 11 is 13.5. The van der Waals surface area contributed by atoms with Crippen molar-refractivity contribution in [2.24, 2.45) is 11.3 Å². The average molecular weight is 362 g/mol. The second-order valence-electron chi connectivity index (χ2n) is 6.79. The minimum atomic E-state index is -0.943. The van der Waals surface area contributed by atoms with E-state index in [0.717, 1.165) is 31.2 Å². The number of anilines is 1. The number of carbonyl (C=O) groups is 1. The number of likely N-dealkylation sites (tertiary alicyclic amines) is 1.